The number of hydrogen-bond acceptors (Lipinski definition) is 3. The van der Waals surface area contributed by atoms with Crippen molar-refractivity contribution < 1.29 is 4.74 Å². The molecule has 3 aliphatic rings. The first-order valence-corrected chi connectivity index (χ1v) is 8.13. The molecule has 3 heterocycles. The van der Waals surface area contributed by atoms with E-state index >= 15 is 0 Å². The molecule has 5 rings (SSSR count). The standard InChI is InChI=1S/C19H22N2O/c20-17-3-1-2-16(12-17)14-4-6-18(7-5-14)22-19-13-21-10-8-15(19)9-11-21/h1-7,12,15,19H,8-11,13,20H2. The van der Waals surface area contributed by atoms with Crippen molar-refractivity contribution in [2.75, 3.05) is 25.4 Å². The van der Waals surface area contributed by atoms with Gasteiger partial charge in [0.2, 0.25) is 0 Å². The van der Waals surface area contributed by atoms with Crippen LogP contribution in [0, 0.1) is 5.92 Å². The van der Waals surface area contributed by atoms with E-state index in [1.165, 1.54) is 31.5 Å². The molecule has 0 aromatic heterocycles. The molecule has 3 nitrogen and oxygen atoms in total. The second kappa shape index (κ2) is 5.65. The van der Waals surface area contributed by atoms with Gasteiger partial charge >= 0.3 is 0 Å². The molecule has 1 unspecified atom stereocenters. The third-order valence-corrected chi connectivity index (χ3v) is 4.96. The first kappa shape index (κ1) is 13.6. The number of benzene rings is 2. The van der Waals surface area contributed by atoms with Crippen molar-refractivity contribution in [1.82, 2.24) is 4.90 Å². The molecule has 3 aliphatic heterocycles. The zero-order valence-electron chi connectivity index (χ0n) is 12.7. The highest BCUT2D eigenvalue weighted by Gasteiger charge is 2.35. The van der Waals surface area contributed by atoms with Crippen LogP contribution in [0.4, 0.5) is 5.69 Å². The Morgan fingerprint density at radius 3 is 2.36 bits per heavy atom. The molecular weight excluding hydrogens is 272 g/mol. The normalized spacial score (nSPS) is 26.8. The van der Waals surface area contributed by atoms with Crippen LogP contribution in [0.15, 0.2) is 48.5 Å². The van der Waals surface area contributed by atoms with Crippen molar-refractivity contribution in [3.63, 3.8) is 0 Å². The van der Waals surface area contributed by atoms with Gasteiger partial charge in [0.25, 0.3) is 0 Å². The second-order valence-electron chi connectivity index (χ2n) is 6.44. The zero-order chi connectivity index (χ0) is 14.9. The lowest BCUT2D eigenvalue weighted by molar-refractivity contribution is -0.00775. The van der Waals surface area contributed by atoms with Gasteiger partial charge in [-0.2, -0.15) is 0 Å². The fourth-order valence-electron chi connectivity index (χ4n) is 3.66. The Kier molecular flexibility index (Phi) is 3.51. The molecule has 114 valence electrons. The van der Waals surface area contributed by atoms with E-state index in [-0.39, 0.29) is 0 Å². The molecule has 0 saturated carbocycles. The molecule has 1 atom stereocenters. The van der Waals surface area contributed by atoms with Gasteiger partial charge in [-0.25, -0.2) is 0 Å². The molecule has 3 fully saturated rings. The largest absolute Gasteiger partial charge is 0.489 e. The highest BCUT2D eigenvalue weighted by molar-refractivity contribution is 5.67. The SMILES string of the molecule is Nc1cccc(-c2ccc(OC3CN4CCC3CC4)cc2)c1. The highest BCUT2D eigenvalue weighted by atomic mass is 16.5. The lowest BCUT2D eigenvalue weighted by Crippen LogP contribution is -2.52. The number of hydrogen-bond donors (Lipinski definition) is 1. The number of nitrogen functional groups attached to an aromatic ring is 1. The molecule has 3 saturated heterocycles. The van der Waals surface area contributed by atoms with Crippen LogP contribution in [0.3, 0.4) is 0 Å². The molecule has 0 spiro atoms. The minimum atomic E-state index is 0.362. The van der Waals surface area contributed by atoms with Gasteiger partial charge < -0.3 is 10.5 Å². The van der Waals surface area contributed by atoms with Crippen molar-refractivity contribution in [3.8, 4) is 16.9 Å². The van der Waals surface area contributed by atoms with Gasteiger partial charge in [-0.15, -0.1) is 0 Å². The first-order chi connectivity index (χ1) is 10.8. The van der Waals surface area contributed by atoms with Crippen molar-refractivity contribution in [2.45, 2.75) is 18.9 Å². The Morgan fingerprint density at radius 2 is 1.73 bits per heavy atom. The Labute approximate surface area is 131 Å². The summed E-state index contributed by atoms with van der Waals surface area (Å²) < 4.78 is 6.24. The molecule has 2 aromatic rings. The van der Waals surface area contributed by atoms with Crippen molar-refractivity contribution in [3.05, 3.63) is 48.5 Å². The number of ether oxygens (including phenoxy) is 1. The van der Waals surface area contributed by atoms with Crippen LogP contribution in [0.25, 0.3) is 11.1 Å². The first-order valence-electron chi connectivity index (χ1n) is 8.13. The summed E-state index contributed by atoms with van der Waals surface area (Å²) in [7, 11) is 0. The third kappa shape index (κ3) is 2.69. The quantitative estimate of drug-likeness (QED) is 0.882. The van der Waals surface area contributed by atoms with E-state index in [1.807, 2.05) is 18.2 Å². The summed E-state index contributed by atoms with van der Waals surface area (Å²) >= 11 is 0. The zero-order valence-corrected chi connectivity index (χ0v) is 12.7. The maximum absolute atomic E-state index is 6.24. The molecule has 3 heteroatoms. The molecule has 0 amide bonds. The topological polar surface area (TPSA) is 38.5 Å². The molecule has 2 aromatic carbocycles. The van der Waals surface area contributed by atoms with E-state index in [0.29, 0.717) is 6.10 Å². The number of piperidine rings is 3. The van der Waals surface area contributed by atoms with E-state index in [0.717, 1.165) is 29.5 Å². The van der Waals surface area contributed by atoms with Crippen LogP contribution in [0.1, 0.15) is 12.8 Å². The van der Waals surface area contributed by atoms with Crippen LogP contribution >= 0.6 is 0 Å². The van der Waals surface area contributed by atoms with Crippen molar-refractivity contribution in [1.29, 1.82) is 0 Å². The fourth-order valence-corrected chi connectivity index (χ4v) is 3.66. The Bertz CT molecular complexity index is 645. The number of anilines is 1. The van der Waals surface area contributed by atoms with Crippen LogP contribution in [0.2, 0.25) is 0 Å². The maximum Gasteiger partial charge on any atom is 0.119 e. The fraction of sp³-hybridized carbons (Fsp3) is 0.368. The lowest BCUT2D eigenvalue weighted by Gasteiger charge is -2.44. The maximum atomic E-state index is 6.24. The van der Waals surface area contributed by atoms with Gasteiger partial charge in [0, 0.05) is 12.2 Å². The number of nitrogens with two attached hydrogens (primary N) is 1. The Hall–Kier alpha value is -2.00. The number of fused-ring (bicyclic) bond motifs is 3. The summed E-state index contributed by atoms with van der Waals surface area (Å²) in [4.78, 5) is 2.52. The summed E-state index contributed by atoms with van der Waals surface area (Å²) in [6, 6.07) is 16.4. The summed E-state index contributed by atoms with van der Waals surface area (Å²) in [6.45, 7) is 3.58. The Balaban J connectivity index is 1.48. The van der Waals surface area contributed by atoms with Crippen LogP contribution in [-0.2, 0) is 0 Å². The lowest BCUT2D eigenvalue weighted by atomic mass is 9.86. The monoisotopic (exact) mass is 294 g/mol. The molecule has 22 heavy (non-hydrogen) atoms. The van der Waals surface area contributed by atoms with E-state index in [2.05, 4.69) is 35.2 Å². The van der Waals surface area contributed by atoms with E-state index in [1.54, 1.807) is 0 Å². The molecule has 2 N–H and O–H groups in total. The van der Waals surface area contributed by atoms with Crippen LogP contribution < -0.4 is 10.5 Å². The summed E-state index contributed by atoms with van der Waals surface area (Å²) in [5.74, 6) is 1.71. The van der Waals surface area contributed by atoms with Crippen molar-refractivity contribution in [2.24, 2.45) is 5.92 Å². The van der Waals surface area contributed by atoms with Crippen LogP contribution in [-0.4, -0.2) is 30.6 Å². The minimum Gasteiger partial charge on any atom is -0.489 e. The highest BCUT2D eigenvalue weighted by Crippen LogP contribution is 2.31. The van der Waals surface area contributed by atoms with E-state index < -0.39 is 0 Å². The summed E-state index contributed by atoms with van der Waals surface area (Å²) in [5, 5.41) is 0. The second-order valence-corrected chi connectivity index (χ2v) is 6.44. The predicted molar refractivity (Wildman–Crippen MR) is 89.9 cm³/mol. The van der Waals surface area contributed by atoms with Crippen LogP contribution in [0.5, 0.6) is 5.75 Å². The smallest absolute Gasteiger partial charge is 0.119 e. The molecule has 0 aliphatic carbocycles. The van der Waals surface area contributed by atoms with E-state index in [9.17, 15) is 0 Å². The molecule has 2 bridgehead atoms. The van der Waals surface area contributed by atoms with E-state index in [4.69, 9.17) is 10.5 Å². The summed E-state index contributed by atoms with van der Waals surface area (Å²) in [6.07, 6.45) is 2.93. The minimum absolute atomic E-state index is 0.362. The average molecular weight is 294 g/mol. The Morgan fingerprint density at radius 1 is 0.955 bits per heavy atom. The number of rotatable bonds is 3. The van der Waals surface area contributed by atoms with Crippen molar-refractivity contribution >= 4 is 5.69 Å². The average Bonchev–Trinajstić information content (AvgIpc) is 2.57. The van der Waals surface area contributed by atoms with Gasteiger partial charge in [0.15, 0.2) is 0 Å². The number of nitrogens with zero attached hydrogens (tertiary/aromatic N) is 1. The molecule has 0 radical (unpaired) electrons. The van der Waals surface area contributed by atoms with Gasteiger partial charge in [-0.3, -0.25) is 4.90 Å². The third-order valence-electron chi connectivity index (χ3n) is 4.96. The summed E-state index contributed by atoms with van der Waals surface area (Å²) in [5.41, 5.74) is 8.97. The van der Waals surface area contributed by atoms with Gasteiger partial charge in [0.1, 0.15) is 11.9 Å². The predicted octanol–water partition coefficient (Wildman–Crippen LogP) is 3.41. The van der Waals surface area contributed by atoms with Gasteiger partial charge in [-0.1, -0.05) is 24.3 Å². The van der Waals surface area contributed by atoms with Gasteiger partial charge in [0.05, 0.1) is 0 Å². The van der Waals surface area contributed by atoms with Gasteiger partial charge in [-0.05, 0) is 67.2 Å². The molecular formula is C19H22N2O.